The van der Waals surface area contributed by atoms with Crippen molar-refractivity contribution < 1.29 is 8.42 Å². The monoisotopic (exact) mass is 362 g/mol. The van der Waals surface area contributed by atoms with Crippen molar-refractivity contribution in [2.24, 2.45) is 5.14 Å². The molecule has 0 aliphatic rings. The van der Waals surface area contributed by atoms with Crippen molar-refractivity contribution in [1.29, 1.82) is 0 Å². The van der Waals surface area contributed by atoms with Crippen LogP contribution in [0, 0.1) is 0 Å². The number of benzene rings is 1. The fraction of sp³-hybridized carbons (Fsp3) is 0. The van der Waals surface area contributed by atoms with E-state index in [1.807, 2.05) is 35.7 Å². The number of aromatic nitrogens is 3. The Hall–Kier alpha value is -2.07. The van der Waals surface area contributed by atoms with E-state index in [-0.39, 0.29) is 4.34 Å². The van der Waals surface area contributed by atoms with Gasteiger partial charge in [0.1, 0.15) is 0 Å². The molecule has 1 aromatic carbocycles. The summed E-state index contributed by atoms with van der Waals surface area (Å²) in [4.78, 5) is 5.89. The first kappa shape index (κ1) is 14.5. The maximum atomic E-state index is 11.4. The summed E-state index contributed by atoms with van der Waals surface area (Å²) >= 11 is 2.63. The number of nitrogens with two attached hydrogens (primary N) is 1. The lowest BCUT2D eigenvalue weighted by Crippen LogP contribution is -2.12. The molecule has 0 bridgehead atoms. The van der Waals surface area contributed by atoms with E-state index in [4.69, 9.17) is 5.14 Å². The van der Waals surface area contributed by atoms with Crippen molar-refractivity contribution in [3.63, 3.8) is 0 Å². The number of hydrogen-bond donors (Lipinski definition) is 1. The first-order valence-corrected chi connectivity index (χ1v) is 9.78. The van der Waals surface area contributed by atoms with Gasteiger partial charge in [-0.25, -0.2) is 23.1 Å². The Labute approximate surface area is 139 Å². The molecule has 0 saturated carbocycles. The van der Waals surface area contributed by atoms with Crippen LogP contribution in [-0.4, -0.2) is 23.0 Å². The van der Waals surface area contributed by atoms with Crippen molar-refractivity contribution in [2.45, 2.75) is 4.34 Å². The van der Waals surface area contributed by atoms with Crippen LogP contribution in [0.25, 0.3) is 26.7 Å². The highest BCUT2D eigenvalue weighted by Gasteiger charge is 2.18. The second kappa shape index (κ2) is 5.24. The van der Waals surface area contributed by atoms with Crippen LogP contribution in [0.15, 0.2) is 52.3 Å². The largest absolute Gasteiger partial charge is 0.267 e. The van der Waals surface area contributed by atoms with Gasteiger partial charge in [-0.1, -0.05) is 41.7 Å². The maximum Gasteiger partial charge on any atom is 0.267 e. The maximum absolute atomic E-state index is 11.4. The van der Waals surface area contributed by atoms with Crippen molar-refractivity contribution in [3.8, 4) is 21.7 Å². The zero-order valence-corrected chi connectivity index (χ0v) is 14.0. The van der Waals surface area contributed by atoms with E-state index in [9.17, 15) is 8.42 Å². The summed E-state index contributed by atoms with van der Waals surface area (Å²) in [5.41, 5.74) is 2.76. The minimum atomic E-state index is -3.82. The van der Waals surface area contributed by atoms with E-state index < -0.39 is 10.0 Å². The summed E-state index contributed by atoms with van der Waals surface area (Å²) in [6.45, 7) is 0. The van der Waals surface area contributed by atoms with E-state index in [1.54, 1.807) is 17.5 Å². The van der Waals surface area contributed by atoms with Gasteiger partial charge in [-0.05, 0) is 17.0 Å². The number of rotatable bonds is 3. The number of fused-ring (bicyclic) bond motifs is 1. The molecule has 4 rings (SSSR count). The third kappa shape index (κ3) is 2.57. The molecule has 0 amide bonds. The van der Waals surface area contributed by atoms with Crippen molar-refractivity contribution in [2.75, 3.05) is 0 Å². The molecule has 116 valence electrons. The van der Waals surface area contributed by atoms with Gasteiger partial charge in [-0.15, -0.1) is 16.4 Å². The minimum Gasteiger partial charge on any atom is -0.225 e. The summed E-state index contributed by atoms with van der Waals surface area (Å²) in [5, 5.41) is 11.2. The van der Waals surface area contributed by atoms with Crippen LogP contribution in [0.4, 0.5) is 0 Å². The van der Waals surface area contributed by atoms with Crippen LogP contribution in [0.3, 0.4) is 0 Å². The van der Waals surface area contributed by atoms with E-state index in [1.165, 1.54) is 9.39 Å². The number of primary sulfonamides is 1. The minimum absolute atomic E-state index is 0.142. The SMILES string of the molecule is NS(=O)(=O)c1nn2c(-c3ccc(-c4cccs4)cc3)cnc2s1. The molecule has 2 N–H and O–H groups in total. The molecule has 4 aromatic rings. The summed E-state index contributed by atoms with van der Waals surface area (Å²) in [7, 11) is -3.82. The third-order valence-corrected chi connectivity index (χ3v) is 6.45. The molecule has 3 heterocycles. The van der Waals surface area contributed by atoms with Crippen LogP contribution in [0.5, 0.6) is 0 Å². The Morgan fingerprint density at radius 3 is 2.48 bits per heavy atom. The van der Waals surface area contributed by atoms with Gasteiger partial charge in [0.15, 0.2) is 0 Å². The highest BCUT2D eigenvalue weighted by atomic mass is 32.2. The van der Waals surface area contributed by atoms with Gasteiger partial charge >= 0.3 is 0 Å². The smallest absolute Gasteiger partial charge is 0.225 e. The number of sulfonamides is 1. The van der Waals surface area contributed by atoms with Gasteiger partial charge in [-0.3, -0.25) is 0 Å². The van der Waals surface area contributed by atoms with Gasteiger partial charge in [0.2, 0.25) is 9.30 Å². The van der Waals surface area contributed by atoms with E-state index in [0.717, 1.165) is 28.2 Å². The lowest BCUT2D eigenvalue weighted by Gasteiger charge is -2.01. The molecule has 23 heavy (non-hydrogen) atoms. The van der Waals surface area contributed by atoms with Crippen molar-refractivity contribution >= 4 is 37.7 Å². The molecule has 0 atom stereocenters. The number of nitrogens with zero attached hydrogens (tertiary/aromatic N) is 3. The van der Waals surface area contributed by atoms with E-state index >= 15 is 0 Å². The van der Waals surface area contributed by atoms with Crippen LogP contribution in [-0.2, 0) is 10.0 Å². The summed E-state index contributed by atoms with van der Waals surface area (Å²) < 4.78 is 24.2. The third-order valence-electron chi connectivity index (χ3n) is 3.30. The molecule has 0 aliphatic heterocycles. The molecule has 9 heteroatoms. The quantitative estimate of drug-likeness (QED) is 0.607. The Kier molecular flexibility index (Phi) is 3.31. The van der Waals surface area contributed by atoms with Crippen LogP contribution in [0.1, 0.15) is 0 Å². The molecular formula is C14H10N4O2S3. The predicted molar refractivity (Wildman–Crippen MR) is 91.0 cm³/mol. The zero-order chi connectivity index (χ0) is 16.0. The van der Waals surface area contributed by atoms with Gasteiger partial charge in [0.25, 0.3) is 10.0 Å². The summed E-state index contributed by atoms with van der Waals surface area (Å²) in [6.07, 6.45) is 1.67. The molecule has 0 aliphatic carbocycles. The average Bonchev–Trinajstić information content (AvgIpc) is 3.23. The van der Waals surface area contributed by atoms with Crippen LogP contribution in [0.2, 0.25) is 0 Å². The summed E-state index contributed by atoms with van der Waals surface area (Å²) in [5.74, 6) is 0. The lowest BCUT2D eigenvalue weighted by atomic mass is 10.1. The molecule has 0 spiro atoms. The average molecular weight is 362 g/mol. The molecule has 0 unspecified atom stereocenters. The molecule has 3 aromatic heterocycles. The Morgan fingerprint density at radius 1 is 1.09 bits per heavy atom. The lowest BCUT2D eigenvalue weighted by molar-refractivity contribution is 0.595. The highest BCUT2D eigenvalue weighted by Crippen LogP contribution is 2.29. The Morgan fingerprint density at radius 2 is 1.83 bits per heavy atom. The molecule has 0 radical (unpaired) electrons. The standard InChI is InChI=1S/C14H10N4O2S3/c15-23(19,20)14-17-18-11(8-16-13(18)22-14)9-3-5-10(6-4-9)12-2-1-7-21-12/h1-8H,(H2,15,19,20). The molecule has 0 saturated heterocycles. The zero-order valence-electron chi connectivity index (χ0n) is 11.6. The van der Waals surface area contributed by atoms with Gasteiger partial charge < -0.3 is 0 Å². The molecular weight excluding hydrogens is 352 g/mol. The number of thiophene rings is 1. The predicted octanol–water partition coefficient (Wildman–Crippen LogP) is 2.83. The van der Waals surface area contributed by atoms with Crippen LogP contribution >= 0.6 is 22.7 Å². The van der Waals surface area contributed by atoms with Gasteiger partial charge in [-0.2, -0.15) is 0 Å². The Balaban J connectivity index is 1.78. The second-order valence-corrected chi connectivity index (χ2v) is 8.44. The fourth-order valence-electron chi connectivity index (χ4n) is 2.24. The molecule has 6 nitrogen and oxygen atoms in total. The number of imidazole rings is 1. The van der Waals surface area contributed by atoms with E-state index in [0.29, 0.717) is 4.96 Å². The first-order valence-electron chi connectivity index (χ1n) is 6.54. The summed E-state index contributed by atoms with van der Waals surface area (Å²) in [6, 6.07) is 12.1. The van der Waals surface area contributed by atoms with E-state index in [2.05, 4.69) is 16.1 Å². The van der Waals surface area contributed by atoms with Crippen molar-refractivity contribution in [3.05, 3.63) is 48.0 Å². The Bertz CT molecular complexity index is 1080. The van der Waals surface area contributed by atoms with Gasteiger partial charge in [0, 0.05) is 10.4 Å². The van der Waals surface area contributed by atoms with Crippen molar-refractivity contribution in [1.82, 2.24) is 14.6 Å². The normalized spacial score (nSPS) is 12.0. The second-order valence-electron chi connectivity index (χ2n) is 4.81. The number of hydrogen-bond acceptors (Lipinski definition) is 6. The first-order chi connectivity index (χ1) is 11.0. The van der Waals surface area contributed by atoms with Crippen LogP contribution < -0.4 is 5.14 Å². The highest BCUT2D eigenvalue weighted by molar-refractivity contribution is 7.91. The fourth-order valence-corrected chi connectivity index (χ4v) is 4.46. The molecule has 0 fully saturated rings. The topological polar surface area (TPSA) is 90.4 Å². The van der Waals surface area contributed by atoms with Gasteiger partial charge in [0.05, 0.1) is 11.9 Å².